The van der Waals surface area contributed by atoms with E-state index >= 15 is 0 Å². The summed E-state index contributed by atoms with van der Waals surface area (Å²) in [4.78, 5) is 12.4. The molecule has 2 aromatic carbocycles. The lowest BCUT2D eigenvalue weighted by Gasteiger charge is -2.16. The standard InChI is InChI=1S/C24H26F2N6O4/c1-6-34-22-15(3)21(27-30(22)4)16-10-11-19(14(2)12-16)35-13-17-18(32-24(33)31(5)28-29-32)8-7-9-20(17)36-23(25)26/h7-12,23H,6,13H2,1-5H3. The number of hydrogen-bond donors (Lipinski definition) is 0. The number of aromatic nitrogens is 6. The number of benzene rings is 2. The molecule has 10 nitrogen and oxygen atoms in total. The van der Waals surface area contributed by atoms with Crippen molar-refractivity contribution in [2.45, 2.75) is 34.0 Å². The molecule has 4 rings (SSSR count). The number of aryl methyl sites for hydroxylation is 3. The van der Waals surface area contributed by atoms with Crippen molar-refractivity contribution in [1.82, 2.24) is 29.6 Å². The first-order chi connectivity index (χ1) is 17.2. The maximum Gasteiger partial charge on any atom is 0.387 e. The number of nitrogens with zero attached hydrogens (tertiary/aromatic N) is 6. The van der Waals surface area contributed by atoms with Gasteiger partial charge in [-0.25, -0.2) is 9.48 Å². The largest absolute Gasteiger partial charge is 0.488 e. The fourth-order valence-corrected chi connectivity index (χ4v) is 3.90. The molecule has 0 amide bonds. The Labute approximate surface area is 205 Å². The molecule has 0 N–H and O–H groups in total. The number of tetrazole rings is 1. The van der Waals surface area contributed by atoms with Gasteiger partial charge in [-0.05, 0) is 67.1 Å². The molecule has 0 aliphatic carbocycles. The molecule has 0 saturated heterocycles. The topological polar surface area (TPSA) is 98.2 Å². The number of rotatable bonds is 9. The van der Waals surface area contributed by atoms with Gasteiger partial charge in [-0.15, -0.1) is 0 Å². The summed E-state index contributed by atoms with van der Waals surface area (Å²) in [5.41, 5.74) is 3.32. The minimum atomic E-state index is -3.05. The maximum atomic E-state index is 13.1. The number of ether oxygens (including phenoxy) is 3. The van der Waals surface area contributed by atoms with Gasteiger partial charge in [0.25, 0.3) is 0 Å². The highest BCUT2D eigenvalue weighted by molar-refractivity contribution is 5.67. The van der Waals surface area contributed by atoms with Gasteiger partial charge in [-0.2, -0.15) is 23.2 Å². The Balaban J connectivity index is 1.65. The second-order valence-electron chi connectivity index (χ2n) is 8.03. The molecule has 0 bridgehead atoms. The molecule has 12 heteroatoms. The molecule has 0 aliphatic heterocycles. The molecule has 0 radical (unpaired) electrons. The summed E-state index contributed by atoms with van der Waals surface area (Å²) in [6.07, 6.45) is 0. The maximum absolute atomic E-state index is 13.1. The summed E-state index contributed by atoms with van der Waals surface area (Å²) in [5, 5.41) is 12.1. The van der Waals surface area contributed by atoms with Crippen LogP contribution < -0.4 is 19.9 Å². The van der Waals surface area contributed by atoms with Crippen LogP contribution in [0.25, 0.3) is 16.9 Å². The van der Waals surface area contributed by atoms with Gasteiger partial charge < -0.3 is 14.2 Å². The van der Waals surface area contributed by atoms with Crippen LogP contribution in [0.1, 0.15) is 23.6 Å². The molecule has 2 heterocycles. The molecular formula is C24H26F2N6O4. The second kappa shape index (κ2) is 10.2. The van der Waals surface area contributed by atoms with E-state index in [2.05, 4.69) is 15.5 Å². The summed E-state index contributed by atoms with van der Waals surface area (Å²) in [6.45, 7) is 3.06. The van der Waals surface area contributed by atoms with Crippen LogP contribution in [0.5, 0.6) is 17.4 Å². The second-order valence-corrected chi connectivity index (χ2v) is 8.03. The lowest BCUT2D eigenvalue weighted by molar-refractivity contribution is -0.0508. The first kappa shape index (κ1) is 24.9. The summed E-state index contributed by atoms with van der Waals surface area (Å²) in [6, 6.07) is 10.0. The van der Waals surface area contributed by atoms with Crippen molar-refractivity contribution in [3.05, 3.63) is 63.6 Å². The Kier molecular flexibility index (Phi) is 7.04. The van der Waals surface area contributed by atoms with E-state index in [4.69, 9.17) is 14.2 Å². The smallest absolute Gasteiger partial charge is 0.387 e. The van der Waals surface area contributed by atoms with Crippen LogP contribution >= 0.6 is 0 Å². The van der Waals surface area contributed by atoms with Gasteiger partial charge in [-0.1, -0.05) is 6.07 Å². The van der Waals surface area contributed by atoms with Gasteiger partial charge in [0, 0.05) is 25.2 Å². The first-order valence-corrected chi connectivity index (χ1v) is 11.2. The zero-order valence-corrected chi connectivity index (χ0v) is 20.5. The van der Waals surface area contributed by atoms with E-state index < -0.39 is 12.3 Å². The highest BCUT2D eigenvalue weighted by Gasteiger charge is 2.20. The van der Waals surface area contributed by atoms with Crippen LogP contribution in [0.2, 0.25) is 0 Å². The van der Waals surface area contributed by atoms with E-state index in [9.17, 15) is 13.6 Å². The predicted molar refractivity (Wildman–Crippen MR) is 127 cm³/mol. The van der Waals surface area contributed by atoms with E-state index in [1.54, 1.807) is 16.8 Å². The van der Waals surface area contributed by atoms with Crippen LogP contribution in [0.4, 0.5) is 8.78 Å². The van der Waals surface area contributed by atoms with Gasteiger partial charge in [0.1, 0.15) is 18.1 Å². The SMILES string of the molecule is CCOc1c(C)c(-c2ccc(OCc3c(OC(F)F)cccc3-n3nnn(C)c3=O)c(C)c2)nn1C. The Bertz CT molecular complexity index is 1440. The van der Waals surface area contributed by atoms with Crippen molar-refractivity contribution in [2.24, 2.45) is 14.1 Å². The van der Waals surface area contributed by atoms with Crippen molar-refractivity contribution >= 4 is 0 Å². The number of alkyl halides is 2. The van der Waals surface area contributed by atoms with E-state index in [0.717, 1.165) is 31.7 Å². The highest BCUT2D eigenvalue weighted by Crippen LogP contribution is 2.33. The molecule has 190 valence electrons. The van der Waals surface area contributed by atoms with Crippen molar-refractivity contribution < 1.29 is 23.0 Å². The Morgan fingerprint density at radius 1 is 1.00 bits per heavy atom. The normalized spacial score (nSPS) is 11.2. The fraction of sp³-hybridized carbons (Fsp3) is 0.333. The monoisotopic (exact) mass is 500 g/mol. The van der Waals surface area contributed by atoms with Crippen molar-refractivity contribution in [1.29, 1.82) is 0 Å². The third-order valence-corrected chi connectivity index (χ3v) is 5.60. The average Bonchev–Trinajstić information content (AvgIpc) is 3.31. The van der Waals surface area contributed by atoms with E-state index in [1.165, 1.54) is 19.2 Å². The molecular weight excluding hydrogens is 474 g/mol. The van der Waals surface area contributed by atoms with Gasteiger partial charge >= 0.3 is 12.3 Å². The number of hydrogen-bond acceptors (Lipinski definition) is 7. The van der Waals surface area contributed by atoms with E-state index in [1.807, 2.05) is 40.0 Å². The predicted octanol–water partition coefficient (Wildman–Crippen LogP) is 3.56. The average molecular weight is 501 g/mol. The van der Waals surface area contributed by atoms with Gasteiger partial charge in [0.2, 0.25) is 5.88 Å². The van der Waals surface area contributed by atoms with Crippen molar-refractivity contribution in [3.63, 3.8) is 0 Å². The fourth-order valence-electron chi connectivity index (χ4n) is 3.90. The highest BCUT2D eigenvalue weighted by atomic mass is 19.3. The molecule has 0 spiro atoms. The molecule has 36 heavy (non-hydrogen) atoms. The van der Waals surface area contributed by atoms with Crippen LogP contribution in [0.15, 0.2) is 41.2 Å². The summed E-state index contributed by atoms with van der Waals surface area (Å²) in [7, 11) is 3.26. The van der Waals surface area contributed by atoms with Crippen molar-refractivity contribution in [3.8, 4) is 34.3 Å². The lowest BCUT2D eigenvalue weighted by Crippen LogP contribution is -2.23. The van der Waals surface area contributed by atoms with Gasteiger partial charge in [0.05, 0.1) is 23.6 Å². The Hall–Kier alpha value is -4.22. The lowest BCUT2D eigenvalue weighted by atomic mass is 10.1. The molecule has 4 aromatic rings. The third-order valence-electron chi connectivity index (χ3n) is 5.60. The van der Waals surface area contributed by atoms with Gasteiger partial charge in [0.15, 0.2) is 0 Å². The molecule has 2 aromatic heterocycles. The van der Waals surface area contributed by atoms with E-state index in [0.29, 0.717) is 18.2 Å². The summed E-state index contributed by atoms with van der Waals surface area (Å²) >= 11 is 0. The number of halogens is 2. The van der Waals surface area contributed by atoms with E-state index in [-0.39, 0.29) is 23.6 Å². The van der Waals surface area contributed by atoms with Gasteiger partial charge in [-0.3, -0.25) is 0 Å². The molecule has 0 atom stereocenters. The molecule has 0 aliphatic rings. The van der Waals surface area contributed by atoms with Crippen LogP contribution in [0.3, 0.4) is 0 Å². The summed E-state index contributed by atoms with van der Waals surface area (Å²) < 4.78 is 46.3. The van der Waals surface area contributed by atoms with Crippen molar-refractivity contribution in [2.75, 3.05) is 6.61 Å². The molecule has 0 fully saturated rings. The third kappa shape index (κ3) is 4.79. The minimum absolute atomic E-state index is 0.123. The quantitative estimate of drug-likeness (QED) is 0.347. The van der Waals surface area contributed by atoms with Crippen LogP contribution in [-0.4, -0.2) is 42.8 Å². The van der Waals surface area contributed by atoms with Crippen LogP contribution in [-0.2, 0) is 20.7 Å². The Morgan fingerprint density at radius 2 is 1.78 bits per heavy atom. The first-order valence-electron chi connectivity index (χ1n) is 11.2. The zero-order valence-electron chi connectivity index (χ0n) is 20.5. The zero-order chi connectivity index (χ0) is 26.0. The van der Waals surface area contributed by atoms with Crippen LogP contribution in [0, 0.1) is 13.8 Å². The molecule has 0 saturated carbocycles. The summed E-state index contributed by atoms with van der Waals surface area (Å²) in [5.74, 6) is 1.11. The Morgan fingerprint density at radius 3 is 2.42 bits per heavy atom. The molecule has 0 unspecified atom stereocenters. The minimum Gasteiger partial charge on any atom is -0.488 e.